The van der Waals surface area contributed by atoms with Gasteiger partial charge in [0.2, 0.25) is 0 Å². The van der Waals surface area contributed by atoms with Crippen molar-refractivity contribution in [3.05, 3.63) is 36.0 Å². The minimum Gasteiger partial charge on any atom is -0.356 e. The minimum atomic E-state index is 0.869. The Bertz CT molecular complexity index is 586. The van der Waals surface area contributed by atoms with Crippen LogP contribution in [0.1, 0.15) is 37.7 Å². The molecule has 21 heavy (non-hydrogen) atoms. The second kappa shape index (κ2) is 6.90. The summed E-state index contributed by atoms with van der Waals surface area (Å²) < 4.78 is 0. The van der Waals surface area contributed by atoms with Crippen molar-refractivity contribution in [3.8, 4) is 0 Å². The molecule has 0 radical (unpaired) electrons. The third-order valence-corrected chi connectivity index (χ3v) is 4.38. The van der Waals surface area contributed by atoms with E-state index in [1.807, 2.05) is 13.2 Å². The highest BCUT2D eigenvalue weighted by Crippen LogP contribution is 2.28. The van der Waals surface area contributed by atoms with Gasteiger partial charge in [0.25, 0.3) is 0 Å². The van der Waals surface area contributed by atoms with Gasteiger partial charge in [-0.3, -0.25) is 0 Å². The molecule has 3 rings (SSSR count). The Labute approximate surface area is 127 Å². The van der Waals surface area contributed by atoms with Crippen LogP contribution in [0.3, 0.4) is 0 Å². The van der Waals surface area contributed by atoms with Gasteiger partial charge in [0.1, 0.15) is 5.82 Å². The molecule has 0 spiro atoms. The molecule has 1 saturated heterocycles. The zero-order valence-electron chi connectivity index (χ0n) is 12.9. The highest BCUT2D eigenvalue weighted by molar-refractivity contribution is 5.94. The van der Waals surface area contributed by atoms with E-state index in [2.05, 4.69) is 34.5 Å². The largest absolute Gasteiger partial charge is 0.356 e. The van der Waals surface area contributed by atoms with Crippen molar-refractivity contribution in [3.63, 3.8) is 0 Å². The summed E-state index contributed by atoms with van der Waals surface area (Å²) in [6.07, 6.45) is 8.72. The summed E-state index contributed by atoms with van der Waals surface area (Å²) in [6, 6.07) is 8.69. The van der Waals surface area contributed by atoms with Gasteiger partial charge in [-0.25, -0.2) is 4.98 Å². The van der Waals surface area contributed by atoms with Crippen LogP contribution in [0.2, 0.25) is 0 Å². The fourth-order valence-corrected chi connectivity index (χ4v) is 3.28. The van der Waals surface area contributed by atoms with E-state index in [4.69, 9.17) is 4.98 Å². The molecule has 0 amide bonds. The van der Waals surface area contributed by atoms with Crippen LogP contribution in [-0.2, 0) is 6.54 Å². The predicted octanol–water partition coefficient (Wildman–Crippen LogP) is 3.72. The number of benzene rings is 1. The van der Waals surface area contributed by atoms with Crippen molar-refractivity contribution >= 4 is 16.6 Å². The minimum absolute atomic E-state index is 0.869. The molecule has 1 N–H and O–H groups in total. The normalized spacial score (nSPS) is 16.7. The highest BCUT2D eigenvalue weighted by atomic mass is 15.2. The summed E-state index contributed by atoms with van der Waals surface area (Å²) in [5, 5.41) is 5.87. The summed E-state index contributed by atoms with van der Waals surface area (Å²) in [5.74, 6) is 1.17. The number of fused-ring (bicyclic) bond motifs is 1. The van der Waals surface area contributed by atoms with E-state index in [0.29, 0.717) is 0 Å². The first-order chi connectivity index (χ1) is 10.4. The molecule has 3 heteroatoms. The molecule has 1 aliphatic rings. The first-order valence-electron chi connectivity index (χ1n) is 8.16. The van der Waals surface area contributed by atoms with E-state index in [1.165, 1.54) is 54.3 Å². The number of hydrogen-bond donors (Lipinski definition) is 1. The zero-order valence-corrected chi connectivity index (χ0v) is 12.9. The second-order valence-corrected chi connectivity index (χ2v) is 5.94. The average Bonchev–Trinajstić information content (AvgIpc) is 2.48. The summed E-state index contributed by atoms with van der Waals surface area (Å²) in [6.45, 7) is 3.15. The van der Waals surface area contributed by atoms with Crippen LogP contribution in [0.4, 0.5) is 5.82 Å². The van der Waals surface area contributed by atoms with Crippen LogP contribution in [0.5, 0.6) is 0 Å². The van der Waals surface area contributed by atoms with Crippen molar-refractivity contribution in [1.82, 2.24) is 10.3 Å². The smallest absolute Gasteiger partial charge is 0.136 e. The zero-order chi connectivity index (χ0) is 14.5. The first kappa shape index (κ1) is 14.3. The lowest BCUT2D eigenvalue weighted by Gasteiger charge is -2.27. The quantitative estimate of drug-likeness (QED) is 0.930. The standard InChI is InChI=1S/C18H25N3/c1-19-13-15-14-20-18(17-10-6-5-9-16(15)17)21-11-7-3-2-4-8-12-21/h5-6,9-10,14,19H,2-4,7-8,11-13H2,1H3. The average molecular weight is 283 g/mol. The van der Waals surface area contributed by atoms with Gasteiger partial charge in [0.05, 0.1) is 0 Å². The molecule has 2 heterocycles. The molecule has 1 aliphatic heterocycles. The fraction of sp³-hybridized carbons (Fsp3) is 0.500. The number of nitrogens with zero attached hydrogens (tertiary/aromatic N) is 2. The summed E-state index contributed by atoms with van der Waals surface area (Å²) in [4.78, 5) is 7.30. The van der Waals surface area contributed by atoms with Gasteiger partial charge >= 0.3 is 0 Å². The SMILES string of the molecule is CNCc1cnc(N2CCCCCCC2)c2ccccc12. The van der Waals surface area contributed by atoms with Crippen LogP contribution in [0.15, 0.2) is 30.5 Å². The number of anilines is 1. The van der Waals surface area contributed by atoms with E-state index >= 15 is 0 Å². The molecule has 0 saturated carbocycles. The van der Waals surface area contributed by atoms with E-state index in [9.17, 15) is 0 Å². The first-order valence-corrected chi connectivity index (χ1v) is 8.16. The Morgan fingerprint density at radius 3 is 2.38 bits per heavy atom. The van der Waals surface area contributed by atoms with Gasteiger partial charge in [0, 0.05) is 31.2 Å². The number of rotatable bonds is 3. The van der Waals surface area contributed by atoms with Gasteiger partial charge in [-0.2, -0.15) is 0 Å². The molecule has 3 nitrogen and oxygen atoms in total. The molecule has 2 aromatic rings. The van der Waals surface area contributed by atoms with Gasteiger partial charge in [-0.1, -0.05) is 43.5 Å². The van der Waals surface area contributed by atoms with E-state index in [0.717, 1.165) is 19.6 Å². The predicted molar refractivity (Wildman–Crippen MR) is 89.8 cm³/mol. The fourth-order valence-electron chi connectivity index (χ4n) is 3.28. The molecule has 0 bridgehead atoms. The molecule has 0 unspecified atom stereocenters. The lowest BCUT2D eigenvalue weighted by atomic mass is 10.0. The number of pyridine rings is 1. The third-order valence-electron chi connectivity index (χ3n) is 4.38. The highest BCUT2D eigenvalue weighted by Gasteiger charge is 2.14. The maximum atomic E-state index is 4.81. The summed E-state index contributed by atoms with van der Waals surface area (Å²) in [5.41, 5.74) is 1.28. The van der Waals surface area contributed by atoms with Gasteiger partial charge < -0.3 is 10.2 Å². The van der Waals surface area contributed by atoms with Crippen LogP contribution in [0.25, 0.3) is 10.8 Å². The molecule has 1 aromatic heterocycles. The maximum Gasteiger partial charge on any atom is 0.136 e. The van der Waals surface area contributed by atoms with Crippen molar-refractivity contribution < 1.29 is 0 Å². The Balaban J connectivity index is 1.99. The van der Waals surface area contributed by atoms with Gasteiger partial charge in [-0.05, 0) is 30.8 Å². The molecule has 112 valence electrons. The van der Waals surface area contributed by atoms with Crippen LogP contribution >= 0.6 is 0 Å². The number of hydrogen-bond acceptors (Lipinski definition) is 3. The number of aromatic nitrogens is 1. The lowest BCUT2D eigenvalue weighted by Crippen LogP contribution is -2.28. The Kier molecular flexibility index (Phi) is 4.71. The molecule has 1 aromatic carbocycles. The van der Waals surface area contributed by atoms with Gasteiger partial charge in [-0.15, -0.1) is 0 Å². The molecular formula is C18H25N3. The van der Waals surface area contributed by atoms with E-state index in [-0.39, 0.29) is 0 Å². The van der Waals surface area contributed by atoms with E-state index < -0.39 is 0 Å². The Morgan fingerprint density at radius 2 is 1.67 bits per heavy atom. The van der Waals surface area contributed by atoms with Crippen molar-refractivity contribution in [2.24, 2.45) is 0 Å². The molecule has 0 aliphatic carbocycles. The Morgan fingerprint density at radius 1 is 1.00 bits per heavy atom. The maximum absolute atomic E-state index is 4.81. The molecular weight excluding hydrogens is 258 g/mol. The van der Waals surface area contributed by atoms with Crippen LogP contribution in [-0.4, -0.2) is 25.1 Å². The third kappa shape index (κ3) is 3.18. The van der Waals surface area contributed by atoms with E-state index in [1.54, 1.807) is 0 Å². The van der Waals surface area contributed by atoms with Crippen LogP contribution in [0, 0.1) is 0 Å². The van der Waals surface area contributed by atoms with Gasteiger partial charge in [0.15, 0.2) is 0 Å². The monoisotopic (exact) mass is 283 g/mol. The van der Waals surface area contributed by atoms with Crippen LogP contribution < -0.4 is 10.2 Å². The topological polar surface area (TPSA) is 28.2 Å². The molecule has 1 fully saturated rings. The lowest BCUT2D eigenvalue weighted by molar-refractivity contribution is 0.554. The molecule has 0 atom stereocenters. The van der Waals surface area contributed by atoms with Crippen molar-refractivity contribution in [2.45, 2.75) is 38.6 Å². The summed E-state index contributed by atoms with van der Waals surface area (Å²) in [7, 11) is 1.99. The summed E-state index contributed by atoms with van der Waals surface area (Å²) >= 11 is 0. The van der Waals surface area contributed by atoms with Crippen molar-refractivity contribution in [1.29, 1.82) is 0 Å². The Hall–Kier alpha value is -1.61. The number of nitrogens with one attached hydrogen (secondary N) is 1. The second-order valence-electron chi connectivity index (χ2n) is 5.94. The van der Waals surface area contributed by atoms with Crippen molar-refractivity contribution in [2.75, 3.05) is 25.0 Å².